The quantitative estimate of drug-likeness (QED) is 0.447. The Morgan fingerprint density at radius 3 is 2.07 bits per heavy atom. The Kier molecular flexibility index (Phi) is 6.08. The number of esters is 2. The van der Waals surface area contributed by atoms with Gasteiger partial charge in [-0.25, -0.2) is 9.59 Å². The SMILES string of the molecule is COC(=O)c1cc(NC(=O)C(C)n2nc([N+](=O)[O-])cc2C)cc(C(=O)OC)c1. The highest BCUT2D eigenvalue weighted by molar-refractivity contribution is 6.00. The molecule has 148 valence electrons. The molecule has 1 heterocycles. The summed E-state index contributed by atoms with van der Waals surface area (Å²) in [7, 11) is 2.36. The molecule has 0 aliphatic carbocycles. The second-order valence-corrected chi connectivity index (χ2v) is 5.79. The van der Waals surface area contributed by atoms with E-state index in [4.69, 9.17) is 0 Å². The Bertz CT molecular complexity index is 917. The number of carbonyl (C=O) groups excluding carboxylic acids is 3. The highest BCUT2D eigenvalue weighted by atomic mass is 16.6. The highest BCUT2D eigenvalue weighted by Gasteiger charge is 2.25. The maximum atomic E-state index is 12.6. The van der Waals surface area contributed by atoms with Gasteiger partial charge in [0, 0.05) is 5.69 Å². The summed E-state index contributed by atoms with van der Waals surface area (Å²) in [4.78, 5) is 46.4. The van der Waals surface area contributed by atoms with Crippen LogP contribution >= 0.6 is 0 Å². The topological polar surface area (TPSA) is 143 Å². The Morgan fingerprint density at radius 2 is 1.64 bits per heavy atom. The van der Waals surface area contributed by atoms with Gasteiger partial charge in [-0.15, -0.1) is 0 Å². The van der Waals surface area contributed by atoms with Crippen molar-refractivity contribution in [2.45, 2.75) is 19.9 Å². The lowest BCUT2D eigenvalue weighted by atomic mass is 10.1. The Balaban J connectivity index is 2.33. The van der Waals surface area contributed by atoms with Crippen LogP contribution in [0.3, 0.4) is 0 Å². The second-order valence-electron chi connectivity index (χ2n) is 5.79. The Hall–Kier alpha value is -3.76. The first-order valence-electron chi connectivity index (χ1n) is 8.01. The van der Waals surface area contributed by atoms with Gasteiger partial charge in [-0.3, -0.25) is 4.79 Å². The molecule has 1 aromatic heterocycles. The third-order valence-electron chi connectivity index (χ3n) is 3.89. The standard InChI is InChI=1S/C17H18N4O7/c1-9-5-14(21(25)26)19-20(9)10(2)15(22)18-13-7-11(16(23)27-3)6-12(8-13)17(24)28-4/h5-8,10H,1-4H3,(H,18,22). The minimum Gasteiger partial charge on any atom is -0.465 e. The third-order valence-corrected chi connectivity index (χ3v) is 3.89. The maximum absolute atomic E-state index is 12.6. The molecule has 1 amide bonds. The van der Waals surface area contributed by atoms with Crippen LogP contribution in [0.15, 0.2) is 24.3 Å². The van der Waals surface area contributed by atoms with Gasteiger partial charge in [0.25, 0.3) is 5.91 Å². The number of ether oxygens (including phenoxy) is 2. The number of hydrogen-bond acceptors (Lipinski definition) is 8. The molecule has 11 heteroatoms. The van der Waals surface area contributed by atoms with Gasteiger partial charge in [0.2, 0.25) is 0 Å². The number of aromatic nitrogens is 2. The first kappa shape index (κ1) is 20.6. The number of anilines is 1. The van der Waals surface area contributed by atoms with Gasteiger partial charge < -0.3 is 24.9 Å². The van der Waals surface area contributed by atoms with Crippen molar-refractivity contribution in [3.8, 4) is 0 Å². The van der Waals surface area contributed by atoms with Crippen LogP contribution in [0.2, 0.25) is 0 Å². The zero-order chi connectivity index (χ0) is 21.0. The number of nitrogens with one attached hydrogen (secondary N) is 1. The molecule has 28 heavy (non-hydrogen) atoms. The minimum atomic E-state index is -0.892. The predicted octanol–water partition coefficient (Wildman–Crippen LogP) is 1.87. The van der Waals surface area contributed by atoms with Gasteiger partial charge >= 0.3 is 17.8 Å². The molecule has 1 N–H and O–H groups in total. The molecule has 1 atom stereocenters. The van der Waals surface area contributed by atoms with Crippen molar-refractivity contribution in [3.05, 3.63) is 51.2 Å². The van der Waals surface area contributed by atoms with Gasteiger partial charge in [0.1, 0.15) is 6.04 Å². The second kappa shape index (κ2) is 8.29. The number of nitrogens with zero attached hydrogens (tertiary/aromatic N) is 3. The summed E-state index contributed by atoms with van der Waals surface area (Å²) in [6, 6.07) is 4.30. The lowest BCUT2D eigenvalue weighted by Crippen LogP contribution is -2.25. The molecule has 0 spiro atoms. The van der Waals surface area contributed by atoms with Crippen molar-refractivity contribution in [3.63, 3.8) is 0 Å². The van der Waals surface area contributed by atoms with Crippen LogP contribution in [0.25, 0.3) is 0 Å². The van der Waals surface area contributed by atoms with E-state index in [1.54, 1.807) is 6.92 Å². The molecule has 2 aromatic rings. The number of aryl methyl sites for hydroxylation is 1. The number of rotatable bonds is 6. The number of nitro groups is 1. The van der Waals surface area contributed by atoms with E-state index >= 15 is 0 Å². The average molecular weight is 390 g/mol. The molecule has 0 aliphatic rings. The molecule has 1 aromatic carbocycles. The molecule has 2 rings (SSSR count). The van der Waals surface area contributed by atoms with Crippen LogP contribution in [0.4, 0.5) is 11.5 Å². The first-order valence-corrected chi connectivity index (χ1v) is 8.01. The lowest BCUT2D eigenvalue weighted by Gasteiger charge is -2.13. The minimum absolute atomic E-state index is 0.0410. The van der Waals surface area contributed by atoms with E-state index in [2.05, 4.69) is 19.9 Å². The molecule has 0 radical (unpaired) electrons. The van der Waals surface area contributed by atoms with Crippen molar-refractivity contribution in [1.29, 1.82) is 0 Å². The summed E-state index contributed by atoms with van der Waals surface area (Å²) in [6.07, 6.45) is 0. The Labute approximate surface area is 159 Å². The largest absolute Gasteiger partial charge is 0.465 e. The molecule has 0 fully saturated rings. The number of methoxy groups -OCH3 is 2. The van der Waals surface area contributed by atoms with Crippen molar-refractivity contribution in [1.82, 2.24) is 9.78 Å². The van der Waals surface area contributed by atoms with Gasteiger partial charge in [0.15, 0.2) is 0 Å². The van der Waals surface area contributed by atoms with E-state index < -0.39 is 28.8 Å². The molecular weight excluding hydrogens is 372 g/mol. The molecule has 0 saturated heterocycles. The maximum Gasteiger partial charge on any atom is 0.390 e. The summed E-state index contributed by atoms with van der Waals surface area (Å²) < 4.78 is 10.5. The van der Waals surface area contributed by atoms with Gasteiger partial charge in [-0.05, 0) is 37.0 Å². The fraction of sp³-hybridized carbons (Fsp3) is 0.294. The van der Waals surface area contributed by atoms with E-state index in [1.807, 2.05) is 0 Å². The van der Waals surface area contributed by atoms with Crippen molar-refractivity contribution in [2.24, 2.45) is 0 Å². The van der Waals surface area contributed by atoms with E-state index in [1.165, 1.54) is 50.1 Å². The third kappa shape index (κ3) is 4.31. The van der Waals surface area contributed by atoms with E-state index in [-0.39, 0.29) is 22.6 Å². The summed E-state index contributed by atoms with van der Waals surface area (Å²) in [6.45, 7) is 3.08. The summed E-state index contributed by atoms with van der Waals surface area (Å²) in [5.74, 6) is -2.34. The smallest absolute Gasteiger partial charge is 0.390 e. The van der Waals surface area contributed by atoms with Crippen LogP contribution in [0, 0.1) is 17.0 Å². The number of carbonyl (C=O) groups is 3. The highest BCUT2D eigenvalue weighted by Crippen LogP contribution is 2.20. The average Bonchev–Trinajstić information content (AvgIpc) is 3.07. The fourth-order valence-electron chi connectivity index (χ4n) is 2.48. The zero-order valence-corrected chi connectivity index (χ0v) is 15.6. The normalized spacial score (nSPS) is 11.4. The zero-order valence-electron chi connectivity index (χ0n) is 15.6. The van der Waals surface area contributed by atoms with E-state index in [0.29, 0.717) is 5.69 Å². The Morgan fingerprint density at radius 1 is 1.11 bits per heavy atom. The predicted molar refractivity (Wildman–Crippen MR) is 96.1 cm³/mol. The van der Waals surface area contributed by atoms with Crippen LogP contribution in [0.1, 0.15) is 39.4 Å². The molecule has 0 aliphatic heterocycles. The fourth-order valence-corrected chi connectivity index (χ4v) is 2.48. The monoisotopic (exact) mass is 390 g/mol. The number of amides is 1. The molecular formula is C17H18N4O7. The van der Waals surface area contributed by atoms with Crippen molar-refractivity contribution < 1.29 is 28.8 Å². The molecule has 1 unspecified atom stereocenters. The molecule has 0 saturated carbocycles. The van der Waals surface area contributed by atoms with Gasteiger partial charge in [-0.1, -0.05) is 0 Å². The van der Waals surface area contributed by atoms with Crippen LogP contribution in [-0.2, 0) is 14.3 Å². The van der Waals surface area contributed by atoms with Gasteiger partial charge in [-0.2, -0.15) is 4.68 Å². The first-order chi connectivity index (χ1) is 13.2. The number of hydrogen-bond donors (Lipinski definition) is 1. The number of benzene rings is 1. The van der Waals surface area contributed by atoms with E-state index in [0.717, 1.165) is 0 Å². The van der Waals surface area contributed by atoms with Crippen LogP contribution < -0.4 is 5.32 Å². The van der Waals surface area contributed by atoms with Crippen molar-refractivity contribution in [2.75, 3.05) is 19.5 Å². The summed E-state index contributed by atoms with van der Waals surface area (Å²) >= 11 is 0. The van der Waals surface area contributed by atoms with Crippen LogP contribution in [0.5, 0.6) is 0 Å². The summed E-state index contributed by atoms with van der Waals surface area (Å²) in [5, 5.41) is 17.2. The van der Waals surface area contributed by atoms with Crippen molar-refractivity contribution >= 4 is 29.4 Å². The summed E-state index contributed by atoms with van der Waals surface area (Å²) in [5.41, 5.74) is 0.658. The molecule has 0 bridgehead atoms. The molecule has 11 nitrogen and oxygen atoms in total. The van der Waals surface area contributed by atoms with E-state index in [9.17, 15) is 24.5 Å². The van der Waals surface area contributed by atoms with Gasteiger partial charge in [0.05, 0.1) is 42.2 Å². The lowest BCUT2D eigenvalue weighted by molar-refractivity contribution is -0.389. The van der Waals surface area contributed by atoms with Crippen LogP contribution in [-0.4, -0.2) is 46.8 Å².